The van der Waals surface area contributed by atoms with Crippen LogP contribution in [0.25, 0.3) is 0 Å². The van der Waals surface area contributed by atoms with Crippen LogP contribution in [0.15, 0.2) is 23.1 Å². The third kappa shape index (κ3) is 2.95. The van der Waals surface area contributed by atoms with Crippen LogP contribution in [0.3, 0.4) is 0 Å². The molecule has 2 aliphatic heterocycles. The Balaban J connectivity index is 2.05. The Morgan fingerprint density at radius 2 is 1.96 bits per heavy atom. The van der Waals surface area contributed by atoms with E-state index in [-0.39, 0.29) is 17.3 Å². The molecular weight excluding hydrogens is 334 g/mol. The van der Waals surface area contributed by atoms with Crippen molar-refractivity contribution in [2.45, 2.75) is 43.0 Å². The number of benzene rings is 1. The van der Waals surface area contributed by atoms with Gasteiger partial charge in [0, 0.05) is 12.1 Å². The number of anilines is 1. The Morgan fingerprint density at radius 1 is 1.29 bits per heavy atom. The second kappa shape index (κ2) is 6.11. The summed E-state index contributed by atoms with van der Waals surface area (Å²) in [5.74, 6) is -1.95. The van der Waals surface area contributed by atoms with Crippen LogP contribution in [0.1, 0.15) is 32.3 Å². The van der Waals surface area contributed by atoms with Crippen molar-refractivity contribution in [3.05, 3.63) is 23.8 Å². The van der Waals surface area contributed by atoms with Crippen LogP contribution >= 0.6 is 0 Å². The molecule has 1 aromatic carbocycles. The first kappa shape index (κ1) is 17.3. The highest BCUT2D eigenvalue weighted by Gasteiger charge is 2.55. The molecule has 1 N–H and O–H groups in total. The Morgan fingerprint density at radius 3 is 2.54 bits per heavy atom. The third-order valence-electron chi connectivity index (χ3n) is 4.21. The van der Waals surface area contributed by atoms with E-state index >= 15 is 0 Å². The van der Waals surface area contributed by atoms with Gasteiger partial charge in [-0.1, -0.05) is 0 Å². The van der Waals surface area contributed by atoms with Crippen molar-refractivity contribution in [2.24, 2.45) is 0 Å². The molecule has 0 unspecified atom stereocenters. The van der Waals surface area contributed by atoms with Crippen molar-refractivity contribution < 1.29 is 27.8 Å². The van der Waals surface area contributed by atoms with Gasteiger partial charge in [0.2, 0.25) is 0 Å². The SMILES string of the molecule is CC(C)(O)CCN1C(=O)C2(OCCCO2)c2cc([SH](=O)=O)ccc21. The molecule has 0 aromatic heterocycles. The number of thiol groups is 1. The molecule has 0 radical (unpaired) electrons. The Hall–Kier alpha value is -1.48. The van der Waals surface area contributed by atoms with E-state index in [4.69, 9.17) is 9.47 Å². The van der Waals surface area contributed by atoms with Gasteiger partial charge in [-0.05, 0) is 44.9 Å². The van der Waals surface area contributed by atoms with Gasteiger partial charge in [0.1, 0.15) is 0 Å². The Kier molecular flexibility index (Phi) is 4.41. The molecule has 3 rings (SSSR count). The lowest BCUT2D eigenvalue weighted by atomic mass is 10.1. The first-order chi connectivity index (χ1) is 11.2. The van der Waals surface area contributed by atoms with Crippen molar-refractivity contribution in [1.82, 2.24) is 0 Å². The standard InChI is InChI=1S/C16H21NO6S/c1-15(2,19)6-7-17-13-5-4-11(24(20)21)10-12(13)16(14(17)18)22-8-3-9-23-16/h4-5,10,19,24H,3,6-9H2,1-2H3. The summed E-state index contributed by atoms with van der Waals surface area (Å²) in [4.78, 5) is 14.6. The predicted octanol–water partition coefficient (Wildman–Crippen LogP) is 0.754. The van der Waals surface area contributed by atoms with E-state index in [0.717, 1.165) is 0 Å². The summed E-state index contributed by atoms with van der Waals surface area (Å²) in [6.07, 6.45) is 1.04. The first-order valence-electron chi connectivity index (χ1n) is 7.86. The van der Waals surface area contributed by atoms with Crippen LogP contribution in [0, 0.1) is 0 Å². The molecule has 2 heterocycles. The maximum absolute atomic E-state index is 13.0. The minimum atomic E-state index is -2.78. The maximum Gasteiger partial charge on any atom is 0.292 e. The molecule has 0 saturated carbocycles. The maximum atomic E-state index is 13.0. The van der Waals surface area contributed by atoms with E-state index in [0.29, 0.717) is 37.3 Å². The smallest absolute Gasteiger partial charge is 0.292 e. The minimum absolute atomic E-state index is 0.109. The fraction of sp³-hybridized carbons (Fsp3) is 0.562. The van der Waals surface area contributed by atoms with Gasteiger partial charge < -0.3 is 19.5 Å². The summed E-state index contributed by atoms with van der Waals surface area (Å²) < 4.78 is 34.0. The van der Waals surface area contributed by atoms with Crippen LogP contribution < -0.4 is 4.90 Å². The molecule has 2 aliphatic rings. The van der Waals surface area contributed by atoms with Crippen LogP contribution in [0.2, 0.25) is 0 Å². The van der Waals surface area contributed by atoms with E-state index < -0.39 is 22.1 Å². The van der Waals surface area contributed by atoms with Crippen molar-refractivity contribution in [3.63, 3.8) is 0 Å². The molecular formula is C16H21NO6S. The zero-order chi connectivity index (χ0) is 17.5. The molecule has 1 amide bonds. The molecule has 132 valence electrons. The van der Waals surface area contributed by atoms with Crippen molar-refractivity contribution in [2.75, 3.05) is 24.7 Å². The highest BCUT2D eigenvalue weighted by molar-refractivity contribution is 7.72. The molecule has 1 aromatic rings. The number of fused-ring (bicyclic) bond motifs is 2. The summed E-state index contributed by atoms with van der Waals surface area (Å²) in [5, 5.41) is 9.95. The highest BCUT2D eigenvalue weighted by Crippen LogP contribution is 2.45. The molecule has 24 heavy (non-hydrogen) atoms. The number of amides is 1. The van der Waals surface area contributed by atoms with Crippen LogP contribution in [0.5, 0.6) is 0 Å². The average Bonchev–Trinajstić information content (AvgIpc) is 2.74. The van der Waals surface area contributed by atoms with Gasteiger partial charge in [0.15, 0.2) is 10.7 Å². The minimum Gasteiger partial charge on any atom is -0.390 e. The largest absolute Gasteiger partial charge is 0.390 e. The van der Waals surface area contributed by atoms with Gasteiger partial charge in [-0.25, -0.2) is 8.42 Å². The first-order valence-corrected chi connectivity index (χ1v) is 9.03. The van der Waals surface area contributed by atoms with Crippen molar-refractivity contribution in [1.29, 1.82) is 0 Å². The molecule has 1 saturated heterocycles. The van der Waals surface area contributed by atoms with E-state index in [1.165, 1.54) is 17.0 Å². The summed E-state index contributed by atoms with van der Waals surface area (Å²) in [6.45, 7) is 4.34. The molecule has 1 fully saturated rings. The van der Waals surface area contributed by atoms with Crippen LogP contribution in [-0.4, -0.2) is 44.8 Å². The molecule has 0 atom stereocenters. The lowest BCUT2D eigenvalue weighted by Gasteiger charge is -2.32. The second-order valence-corrected chi connectivity index (χ2v) is 7.68. The molecule has 0 aliphatic carbocycles. The topological polar surface area (TPSA) is 93.1 Å². The van der Waals surface area contributed by atoms with Gasteiger partial charge in [0.05, 0.1) is 29.4 Å². The number of hydrogen-bond acceptors (Lipinski definition) is 6. The number of rotatable bonds is 4. The predicted molar refractivity (Wildman–Crippen MR) is 86.5 cm³/mol. The number of carbonyl (C=O) groups excluding carboxylic acids is 1. The quantitative estimate of drug-likeness (QED) is 0.775. The normalized spacial score (nSPS) is 20.0. The Bertz CT molecular complexity index is 723. The molecule has 8 heteroatoms. The second-order valence-electron chi connectivity index (χ2n) is 6.64. The lowest BCUT2D eigenvalue weighted by Crippen LogP contribution is -2.48. The molecule has 7 nitrogen and oxygen atoms in total. The number of hydrogen-bond donors (Lipinski definition) is 2. The van der Waals surface area contributed by atoms with E-state index in [1.54, 1.807) is 19.9 Å². The lowest BCUT2D eigenvalue weighted by molar-refractivity contribution is -0.256. The summed E-state index contributed by atoms with van der Waals surface area (Å²) in [7, 11) is -2.78. The third-order valence-corrected chi connectivity index (χ3v) is 4.91. The van der Waals surface area contributed by atoms with Crippen molar-refractivity contribution in [3.8, 4) is 0 Å². The fourth-order valence-electron chi connectivity index (χ4n) is 2.96. The van der Waals surface area contributed by atoms with Crippen LogP contribution in [-0.2, 0) is 30.8 Å². The highest BCUT2D eigenvalue weighted by atomic mass is 32.2. The van der Waals surface area contributed by atoms with Crippen LogP contribution in [0.4, 0.5) is 5.69 Å². The number of aliphatic hydroxyl groups is 1. The molecule has 1 spiro atoms. The van der Waals surface area contributed by atoms with Crippen molar-refractivity contribution >= 4 is 22.3 Å². The van der Waals surface area contributed by atoms with Gasteiger partial charge in [-0.3, -0.25) is 4.79 Å². The summed E-state index contributed by atoms with van der Waals surface area (Å²) in [5.41, 5.74) is 0.0503. The van der Waals surface area contributed by atoms with Gasteiger partial charge >= 0.3 is 0 Å². The summed E-state index contributed by atoms with van der Waals surface area (Å²) >= 11 is 0. The average molecular weight is 355 g/mol. The number of carbonyl (C=O) groups is 1. The zero-order valence-electron chi connectivity index (χ0n) is 13.7. The number of nitrogens with zero attached hydrogens (tertiary/aromatic N) is 1. The fourth-order valence-corrected chi connectivity index (χ4v) is 3.39. The van der Waals surface area contributed by atoms with Gasteiger partial charge in [-0.15, -0.1) is 0 Å². The van der Waals surface area contributed by atoms with Gasteiger partial charge in [-0.2, -0.15) is 0 Å². The summed E-state index contributed by atoms with van der Waals surface area (Å²) in [6, 6.07) is 4.49. The molecule has 0 bridgehead atoms. The van der Waals surface area contributed by atoms with E-state index in [2.05, 4.69) is 0 Å². The van der Waals surface area contributed by atoms with Gasteiger partial charge in [0.25, 0.3) is 11.7 Å². The Labute approximate surface area is 142 Å². The van der Waals surface area contributed by atoms with E-state index in [9.17, 15) is 18.3 Å². The zero-order valence-corrected chi connectivity index (χ0v) is 14.5. The number of ether oxygens (including phenoxy) is 2. The van der Waals surface area contributed by atoms with E-state index in [1.807, 2.05) is 0 Å². The monoisotopic (exact) mass is 355 g/mol.